The van der Waals surface area contributed by atoms with Crippen LogP contribution in [-0.4, -0.2) is 23.0 Å². The van der Waals surface area contributed by atoms with E-state index < -0.39 is 0 Å². The van der Waals surface area contributed by atoms with Gasteiger partial charge < -0.3 is 14.6 Å². The first-order valence-corrected chi connectivity index (χ1v) is 7.26. The second-order valence-electron chi connectivity index (χ2n) is 5.80. The van der Waals surface area contributed by atoms with Gasteiger partial charge in [-0.3, -0.25) is 4.79 Å². The maximum Gasteiger partial charge on any atom is 0.289 e. The highest BCUT2D eigenvalue weighted by Crippen LogP contribution is 2.42. The molecule has 1 aliphatic heterocycles. The minimum Gasteiger partial charge on any atom is -0.495 e. The zero-order valence-corrected chi connectivity index (χ0v) is 13.8. The number of ether oxygens (including phenoxy) is 1. The lowest BCUT2D eigenvalue weighted by molar-refractivity contribution is 0.401. The molecule has 0 fully saturated rings. The first kappa shape index (κ1) is 14.1. The van der Waals surface area contributed by atoms with Crippen LogP contribution in [0.25, 0.3) is 10.8 Å². The van der Waals surface area contributed by atoms with Crippen molar-refractivity contribution in [3.63, 3.8) is 0 Å². The number of rotatable bonds is 1. The predicted octanol–water partition coefficient (Wildman–Crippen LogP) is 3.01. The molecular weight excluding hydrogens is 336 g/mol. The van der Waals surface area contributed by atoms with Crippen LogP contribution in [0.15, 0.2) is 20.5 Å². The van der Waals surface area contributed by atoms with Crippen molar-refractivity contribution in [2.75, 3.05) is 12.4 Å². The van der Waals surface area contributed by atoms with Crippen molar-refractivity contribution in [1.29, 1.82) is 0 Å². The third-order valence-electron chi connectivity index (χ3n) is 3.38. The molecule has 0 spiro atoms. The molecule has 1 aliphatic rings. The van der Waals surface area contributed by atoms with Gasteiger partial charge >= 0.3 is 0 Å². The van der Waals surface area contributed by atoms with E-state index in [1.807, 2.05) is 6.20 Å². The zero-order valence-electron chi connectivity index (χ0n) is 12.2. The molecule has 0 saturated carbocycles. The topological polar surface area (TPSA) is 68.5 Å². The maximum atomic E-state index is 12.1. The third-order valence-corrected chi connectivity index (χ3v) is 4.08. The Bertz CT molecular complexity index is 834. The summed E-state index contributed by atoms with van der Waals surface area (Å²) in [5, 5.41) is 4.52. The Morgan fingerprint density at radius 3 is 2.71 bits per heavy atom. The lowest BCUT2D eigenvalue weighted by atomic mass is 10.1. The van der Waals surface area contributed by atoms with E-state index in [1.165, 1.54) is 7.11 Å². The van der Waals surface area contributed by atoms with Crippen molar-refractivity contribution in [1.82, 2.24) is 9.55 Å². The van der Waals surface area contributed by atoms with Crippen molar-refractivity contribution < 1.29 is 4.74 Å². The molecule has 2 aromatic rings. The highest BCUT2D eigenvalue weighted by molar-refractivity contribution is 9.10. The quantitative estimate of drug-likeness (QED) is 0.858. The zero-order chi connectivity index (χ0) is 15.4. The van der Waals surface area contributed by atoms with Crippen molar-refractivity contribution in [3.8, 4) is 5.75 Å². The summed E-state index contributed by atoms with van der Waals surface area (Å²) >= 11 is 3.28. The van der Waals surface area contributed by atoms with Crippen LogP contribution >= 0.6 is 15.9 Å². The molecule has 2 aromatic heterocycles. The summed E-state index contributed by atoms with van der Waals surface area (Å²) in [6.07, 6.45) is 3.50. The summed E-state index contributed by atoms with van der Waals surface area (Å²) in [6, 6.07) is 0. The number of aliphatic imine (C=N–C) groups is 1. The molecule has 3 heterocycles. The number of nitrogens with one attached hydrogen (secondary N) is 1. The van der Waals surface area contributed by atoms with Crippen LogP contribution in [0, 0.1) is 0 Å². The van der Waals surface area contributed by atoms with Crippen LogP contribution in [0.2, 0.25) is 0 Å². The molecule has 0 amide bonds. The van der Waals surface area contributed by atoms with Gasteiger partial charge in [0, 0.05) is 17.1 Å². The van der Waals surface area contributed by atoms with Crippen LogP contribution in [0.5, 0.6) is 5.75 Å². The van der Waals surface area contributed by atoms with E-state index in [1.54, 1.807) is 6.34 Å². The first-order valence-electron chi connectivity index (χ1n) is 6.47. The smallest absolute Gasteiger partial charge is 0.289 e. The van der Waals surface area contributed by atoms with Gasteiger partial charge in [0.05, 0.1) is 18.8 Å². The fourth-order valence-electron chi connectivity index (χ4n) is 2.42. The maximum absolute atomic E-state index is 12.1. The highest BCUT2D eigenvalue weighted by Gasteiger charge is 2.26. The molecule has 7 heteroatoms. The van der Waals surface area contributed by atoms with Crippen molar-refractivity contribution in [2.45, 2.75) is 26.3 Å². The minimum atomic E-state index is -0.380. The number of hydrogen-bond donors (Lipinski definition) is 1. The Labute approximate surface area is 130 Å². The van der Waals surface area contributed by atoms with Crippen molar-refractivity contribution >= 4 is 44.7 Å². The molecular formula is C14H15BrN4O2. The molecule has 6 nitrogen and oxygen atoms in total. The third kappa shape index (κ3) is 2.03. The molecule has 110 valence electrons. The second kappa shape index (κ2) is 4.56. The average Bonchev–Trinajstić information content (AvgIpc) is 2.75. The van der Waals surface area contributed by atoms with Crippen molar-refractivity contribution in [2.24, 2.45) is 4.99 Å². The van der Waals surface area contributed by atoms with Gasteiger partial charge in [-0.1, -0.05) is 0 Å². The number of methoxy groups -OCH3 is 1. The molecule has 0 atom stereocenters. The standard InChI is InChI=1S/C14H15BrN4O2/c1-14(2,3)19-5-7-8-11(16-6-17-12(8)19)18-13(20)9(15)10(7)21-4/h5-6H,1-4H3,(H,16,17,18,20). The Balaban J connectivity index is 2.58. The Morgan fingerprint density at radius 1 is 1.38 bits per heavy atom. The lowest BCUT2D eigenvalue weighted by Crippen LogP contribution is -2.21. The molecule has 3 rings (SSSR count). The summed E-state index contributed by atoms with van der Waals surface area (Å²) in [7, 11) is 1.54. The Kier molecular flexibility index (Phi) is 3.05. The van der Waals surface area contributed by atoms with Gasteiger partial charge in [0.1, 0.15) is 21.9 Å². The molecule has 0 saturated heterocycles. The molecule has 0 aromatic carbocycles. The van der Waals surface area contributed by atoms with Gasteiger partial charge in [0.15, 0.2) is 0 Å². The van der Waals surface area contributed by atoms with Crippen LogP contribution in [0.3, 0.4) is 0 Å². The summed E-state index contributed by atoms with van der Waals surface area (Å²) in [5.74, 6) is 1.73. The number of nitrogens with zero attached hydrogens (tertiary/aromatic N) is 3. The molecule has 0 aliphatic carbocycles. The van der Waals surface area contributed by atoms with Gasteiger partial charge in [-0.25, -0.2) is 4.99 Å². The SMILES string of the molecule is COc1c(Br)c(=O)nc2c3c(n(C(C)(C)C)cc13)N=CN2. The van der Waals surface area contributed by atoms with E-state index in [0.717, 1.165) is 16.6 Å². The fourth-order valence-corrected chi connectivity index (χ4v) is 2.88. The van der Waals surface area contributed by atoms with Gasteiger partial charge in [-0.15, -0.1) is 0 Å². The average molecular weight is 351 g/mol. The number of anilines is 1. The predicted molar refractivity (Wildman–Crippen MR) is 87.0 cm³/mol. The van der Waals surface area contributed by atoms with Crippen molar-refractivity contribution in [3.05, 3.63) is 21.0 Å². The van der Waals surface area contributed by atoms with Gasteiger partial charge in [-0.2, -0.15) is 4.98 Å². The molecule has 0 radical (unpaired) electrons. The Morgan fingerprint density at radius 2 is 2.10 bits per heavy atom. The van der Waals surface area contributed by atoms with E-state index in [0.29, 0.717) is 16.0 Å². The summed E-state index contributed by atoms with van der Waals surface area (Å²) < 4.78 is 7.79. The van der Waals surface area contributed by atoms with Gasteiger partial charge in [-0.05, 0) is 36.7 Å². The van der Waals surface area contributed by atoms with Crippen LogP contribution in [-0.2, 0) is 5.54 Å². The second-order valence-corrected chi connectivity index (χ2v) is 6.59. The largest absolute Gasteiger partial charge is 0.495 e. The Hall–Kier alpha value is -1.89. The number of hydrogen-bond acceptors (Lipinski definition) is 5. The summed E-state index contributed by atoms with van der Waals surface area (Å²) in [6.45, 7) is 6.27. The first-order chi connectivity index (χ1) is 9.84. The monoisotopic (exact) mass is 350 g/mol. The van der Waals surface area contributed by atoms with E-state index in [4.69, 9.17) is 4.74 Å². The molecule has 1 N–H and O–H groups in total. The van der Waals surface area contributed by atoms with Gasteiger partial charge in [0.2, 0.25) is 0 Å². The number of halogens is 1. The molecule has 0 bridgehead atoms. The van der Waals surface area contributed by atoms with Crippen LogP contribution in [0.4, 0.5) is 11.6 Å². The summed E-state index contributed by atoms with van der Waals surface area (Å²) in [5.41, 5.74) is -0.537. The van der Waals surface area contributed by atoms with E-state index >= 15 is 0 Å². The van der Waals surface area contributed by atoms with E-state index in [2.05, 4.69) is 56.6 Å². The number of aromatic nitrogens is 2. The van der Waals surface area contributed by atoms with Gasteiger partial charge in [0.25, 0.3) is 5.56 Å². The highest BCUT2D eigenvalue weighted by atomic mass is 79.9. The lowest BCUT2D eigenvalue weighted by Gasteiger charge is -2.23. The summed E-state index contributed by atoms with van der Waals surface area (Å²) in [4.78, 5) is 20.6. The van der Waals surface area contributed by atoms with Crippen LogP contribution < -0.4 is 15.6 Å². The molecule has 21 heavy (non-hydrogen) atoms. The van der Waals surface area contributed by atoms with E-state index in [-0.39, 0.29) is 11.1 Å². The fraction of sp³-hybridized carbons (Fsp3) is 0.357. The van der Waals surface area contributed by atoms with E-state index in [9.17, 15) is 4.79 Å². The molecule has 0 unspecified atom stereocenters. The van der Waals surface area contributed by atoms with Crippen LogP contribution in [0.1, 0.15) is 20.8 Å². The normalized spacial score (nSPS) is 13.4. The minimum absolute atomic E-state index is 0.156.